The molecule has 0 unspecified atom stereocenters. The Morgan fingerprint density at radius 2 is 1.67 bits per heavy atom. The number of hydrogen-bond donors (Lipinski definition) is 1. The molecule has 0 aliphatic carbocycles. The molecule has 9 heteroatoms. The lowest BCUT2D eigenvalue weighted by atomic mass is 10.1. The second-order valence-electron chi connectivity index (χ2n) is 7.07. The van der Waals surface area contributed by atoms with Crippen molar-refractivity contribution >= 4 is 11.7 Å². The van der Waals surface area contributed by atoms with Crippen molar-refractivity contribution < 1.29 is 27.1 Å². The van der Waals surface area contributed by atoms with Crippen molar-refractivity contribution in [1.82, 2.24) is 9.78 Å². The normalized spacial score (nSPS) is 11.3. The Morgan fingerprint density at radius 1 is 0.970 bits per heavy atom. The third kappa shape index (κ3) is 4.87. The Hall–Kier alpha value is -4.14. The lowest BCUT2D eigenvalue weighted by molar-refractivity contribution is -0.137. The fourth-order valence-corrected chi connectivity index (χ4v) is 3.21. The van der Waals surface area contributed by atoms with E-state index >= 15 is 0 Å². The number of hydrogen-bond acceptors (Lipinski definition) is 3. The fraction of sp³-hybridized carbons (Fsp3) is 0.0833. The van der Waals surface area contributed by atoms with Crippen molar-refractivity contribution in [1.29, 1.82) is 0 Å². The molecule has 0 saturated heterocycles. The highest BCUT2D eigenvalue weighted by Crippen LogP contribution is 2.31. The molecule has 0 aliphatic heterocycles. The van der Waals surface area contributed by atoms with Crippen molar-refractivity contribution in [3.63, 3.8) is 0 Å². The van der Waals surface area contributed by atoms with Crippen molar-refractivity contribution in [2.24, 2.45) is 0 Å². The van der Waals surface area contributed by atoms with E-state index in [4.69, 9.17) is 4.74 Å². The van der Waals surface area contributed by atoms with Crippen LogP contribution in [0.2, 0.25) is 0 Å². The van der Waals surface area contributed by atoms with Gasteiger partial charge in [0.15, 0.2) is 0 Å². The first-order valence-electron chi connectivity index (χ1n) is 9.73. The number of aromatic nitrogens is 2. The number of alkyl halides is 3. The van der Waals surface area contributed by atoms with Gasteiger partial charge in [-0.25, -0.2) is 9.07 Å². The van der Waals surface area contributed by atoms with E-state index in [-0.39, 0.29) is 5.82 Å². The minimum atomic E-state index is -4.79. The Balaban J connectivity index is 1.74. The summed E-state index contributed by atoms with van der Waals surface area (Å²) < 4.78 is 59.5. The summed E-state index contributed by atoms with van der Waals surface area (Å²) in [5.41, 5.74) is 0.151. The molecule has 1 heterocycles. The summed E-state index contributed by atoms with van der Waals surface area (Å²) in [5.74, 6) is -1.26. The fourth-order valence-electron chi connectivity index (χ4n) is 3.21. The summed E-state index contributed by atoms with van der Waals surface area (Å²) in [7, 11) is 1.52. The zero-order valence-electron chi connectivity index (χ0n) is 17.2. The number of nitrogens with zero attached hydrogens (tertiary/aromatic N) is 2. The largest absolute Gasteiger partial charge is 0.497 e. The summed E-state index contributed by atoms with van der Waals surface area (Å²) in [6, 6.07) is 19.2. The number of ether oxygens (including phenoxy) is 1. The molecule has 0 atom stereocenters. The highest BCUT2D eigenvalue weighted by Gasteiger charge is 2.32. The van der Waals surface area contributed by atoms with Gasteiger partial charge in [0.2, 0.25) is 0 Å². The molecular formula is C24H17F4N3O2. The quantitative estimate of drug-likeness (QED) is 0.378. The summed E-state index contributed by atoms with van der Waals surface area (Å²) in [6.45, 7) is 0. The van der Waals surface area contributed by atoms with Gasteiger partial charge >= 0.3 is 6.18 Å². The number of anilines is 1. The molecule has 33 heavy (non-hydrogen) atoms. The van der Waals surface area contributed by atoms with Crippen LogP contribution in [0, 0.1) is 5.82 Å². The lowest BCUT2D eigenvalue weighted by Crippen LogP contribution is -2.17. The smallest absolute Gasteiger partial charge is 0.416 e. The maximum Gasteiger partial charge on any atom is 0.416 e. The second kappa shape index (κ2) is 8.78. The second-order valence-corrected chi connectivity index (χ2v) is 7.07. The summed E-state index contributed by atoms with van der Waals surface area (Å²) in [5, 5.41) is 7.08. The Kier molecular flexibility index (Phi) is 5.87. The van der Waals surface area contributed by atoms with Crippen molar-refractivity contribution in [3.05, 3.63) is 95.8 Å². The SMILES string of the molecule is COc1ccc(-n2nc(-c3ccccc3)cc2NC(=O)c2cc(F)cc(C(F)(F)F)c2)cc1. The van der Waals surface area contributed by atoms with Gasteiger partial charge in [0, 0.05) is 17.2 Å². The Labute approximate surface area is 186 Å². The van der Waals surface area contributed by atoms with Gasteiger partial charge in [-0.2, -0.15) is 18.3 Å². The Bertz CT molecular complexity index is 1280. The van der Waals surface area contributed by atoms with Gasteiger partial charge in [-0.3, -0.25) is 4.79 Å². The number of rotatable bonds is 5. The summed E-state index contributed by atoms with van der Waals surface area (Å²) >= 11 is 0. The molecule has 1 amide bonds. The number of nitrogens with one attached hydrogen (secondary N) is 1. The maximum atomic E-state index is 13.8. The minimum Gasteiger partial charge on any atom is -0.497 e. The average Bonchev–Trinajstić information content (AvgIpc) is 3.22. The molecular weight excluding hydrogens is 438 g/mol. The van der Waals surface area contributed by atoms with Crippen molar-refractivity contribution in [3.8, 4) is 22.7 Å². The molecule has 0 saturated carbocycles. The molecule has 0 aliphatic rings. The van der Waals surface area contributed by atoms with Crippen LogP contribution in [-0.4, -0.2) is 22.8 Å². The van der Waals surface area contributed by atoms with Crippen LogP contribution < -0.4 is 10.1 Å². The van der Waals surface area contributed by atoms with Gasteiger partial charge in [0.25, 0.3) is 5.91 Å². The molecule has 1 aromatic heterocycles. The molecule has 0 fully saturated rings. The Morgan fingerprint density at radius 3 is 2.30 bits per heavy atom. The number of benzene rings is 3. The topological polar surface area (TPSA) is 56.1 Å². The predicted molar refractivity (Wildman–Crippen MR) is 115 cm³/mol. The zero-order valence-corrected chi connectivity index (χ0v) is 17.2. The first kappa shape index (κ1) is 22.1. The van der Waals surface area contributed by atoms with E-state index in [1.54, 1.807) is 30.3 Å². The first-order valence-corrected chi connectivity index (χ1v) is 9.73. The van der Waals surface area contributed by atoms with Crippen LogP contribution in [0.15, 0.2) is 78.9 Å². The standard InChI is InChI=1S/C24H17F4N3O2/c1-33-20-9-7-19(8-10-20)31-22(14-21(30-31)15-5-3-2-4-6-15)29-23(32)16-11-17(24(26,27)28)13-18(25)12-16/h2-14H,1H3,(H,29,32). The van der Waals surface area contributed by atoms with Gasteiger partial charge in [-0.15, -0.1) is 0 Å². The molecule has 0 radical (unpaired) electrons. The molecule has 168 valence electrons. The van der Waals surface area contributed by atoms with E-state index in [0.717, 1.165) is 11.6 Å². The van der Waals surface area contributed by atoms with E-state index in [9.17, 15) is 22.4 Å². The predicted octanol–water partition coefficient (Wildman–Crippen LogP) is 5.96. The third-order valence-electron chi connectivity index (χ3n) is 4.82. The van der Waals surface area contributed by atoms with E-state index in [1.165, 1.54) is 11.8 Å². The maximum absolute atomic E-state index is 13.8. The highest BCUT2D eigenvalue weighted by atomic mass is 19.4. The molecule has 3 aromatic carbocycles. The van der Waals surface area contributed by atoms with E-state index in [0.29, 0.717) is 29.3 Å². The van der Waals surface area contributed by atoms with Crippen LogP contribution in [0.25, 0.3) is 16.9 Å². The number of amides is 1. The van der Waals surface area contributed by atoms with Crippen LogP contribution >= 0.6 is 0 Å². The highest BCUT2D eigenvalue weighted by molar-refractivity contribution is 6.04. The number of halogens is 4. The monoisotopic (exact) mass is 455 g/mol. The lowest BCUT2D eigenvalue weighted by Gasteiger charge is -2.11. The van der Waals surface area contributed by atoms with Crippen molar-refractivity contribution in [2.45, 2.75) is 6.18 Å². The van der Waals surface area contributed by atoms with Crippen LogP contribution in [-0.2, 0) is 6.18 Å². The first-order chi connectivity index (χ1) is 15.7. The summed E-state index contributed by atoms with van der Waals surface area (Å²) in [6.07, 6.45) is -4.79. The van der Waals surface area contributed by atoms with E-state index in [2.05, 4.69) is 10.4 Å². The van der Waals surface area contributed by atoms with Gasteiger partial charge in [0.1, 0.15) is 17.4 Å². The van der Waals surface area contributed by atoms with E-state index < -0.39 is 29.0 Å². The van der Waals surface area contributed by atoms with Crippen LogP contribution in [0.5, 0.6) is 5.75 Å². The molecule has 1 N–H and O–H groups in total. The molecule has 0 spiro atoms. The van der Waals surface area contributed by atoms with Gasteiger partial charge in [0.05, 0.1) is 24.1 Å². The molecule has 5 nitrogen and oxygen atoms in total. The van der Waals surface area contributed by atoms with Crippen LogP contribution in [0.3, 0.4) is 0 Å². The molecule has 4 rings (SSSR count). The number of carbonyl (C=O) groups excluding carboxylic acids is 1. The number of carbonyl (C=O) groups is 1. The van der Waals surface area contributed by atoms with Gasteiger partial charge in [-0.05, 0) is 42.5 Å². The summed E-state index contributed by atoms with van der Waals surface area (Å²) in [4.78, 5) is 12.8. The third-order valence-corrected chi connectivity index (χ3v) is 4.82. The molecule has 0 bridgehead atoms. The van der Waals surface area contributed by atoms with Gasteiger partial charge < -0.3 is 10.1 Å². The minimum absolute atomic E-state index is 0.196. The van der Waals surface area contributed by atoms with E-state index in [1.807, 2.05) is 30.3 Å². The average molecular weight is 455 g/mol. The van der Waals surface area contributed by atoms with Crippen LogP contribution in [0.1, 0.15) is 15.9 Å². The van der Waals surface area contributed by atoms with Crippen LogP contribution in [0.4, 0.5) is 23.4 Å². The number of methoxy groups -OCH3 is 1. The van der Waals surface area contributed by atoms with Gasteiger partial charge in [-0.1, -0.05) is 30.3 Å². The molecule has 4 aromatic rings. The van der Waals surface area contributed by atoms with Crippen molar-refractivity contribution in [2.75, 3.05) is 12.4 Å². The zero-order chi connectivity index (χ0) is 23.6.